The van der Waals surface area contributed by atoms with Crippen LogP contribution in [-0.4, -0.2) is 29.9 Å². The fourth-order valence-electron chi connectivity index (χ4n) is 2.74. The Labute approximate surface area is 145 Å². The molecular formula is C18H18ClN3O2. The van der Waals surface area contributed by atoms with Crippen LogP contribution in [0.15, 0.2) is 54.6 Å². The maximum atomic E-state index is 12.6. The second kappa shape index (κ2) is 7.36. The number of nitrogens with one attached hydrogen (secondary N) is 2. The Bertz CT molecular complexity index is 719. The van der Waals surface area contributed by atoms with Crippen LogP contribution in [0.4, 0.5) is 4.79 Å². The molecule has 0 spiro atoms. The third-order valence-corrected chi connectivity index (χ3v) is 4.20. The van der Waals surface area contributed by atoms with Gasteiger partial charge in [-0.05, 0) is 23.3 Å². The number of carbonyl (C=O) groups excluding carboxylic acids is 2. The highest BCUT2D eigenvalue weighted by Crippen LogP contribution is 2.24. The first-order valence-corrected chi connectivity index (χ1v) is 8.14. The predicted molar refractivity (Wildman–Crippen MR) is 92.6 cm³/mol. The molecule has 3 rings (SSSR count). The largest absolute Gasteiger partial charge is 0.352 e. The van der Waals surface area contributed by atoms with Crippen LogP contribution in [0.1, 0.15) is 17.2 Å². The molecule has 0 saturated carbocycles. The van der Waals surface area contributed by atoms with Crippen molar-refractivity contribution in [1.82, 2.24) is 15.5 Å². The summed E-state index contributed by atoms with van der Waals surface area (Å²) in [6, 6.07) is 15.7. The highest BCUT2D eigenvalue weighted by Gasteiger charge is 2.34. The quantitative estimate of drug-likeness (QED) is 0.900. The molecule has 5 nitrogen and oxygen atoms in total. The summed E-state index contributed by atoms with van der Waals surface area (Å²) in [6.45, 7) is 1.33. The van der Waals surface area contributed by atoms with Gasteiger partial charge in [0.05, 0.1) is 0 Å². The van der Waals surface area contributed by atoms with Crippen molar-refractivity contribution in [3.05, 3.63) is 70.7 Å². The van der Waals surface area contributed by atoms with Gasteiger partial charge in [0.2, 0.25) is 5.91 Å². The number of halogens is 1. The molecule has 124 valence electrons. The fraction of sp³-hybridized carbons (Fsp3) is 0.222. The standard InChI is InChI=1S/C18H18ClN3O2/c19-15-8-6-14(7-9-15)16-17(23)20-10-11-22(16)18(24)21-12-13-4-2-1-3-5-13/h1-9,16H,10-12H2,(H,20,23)(H,21,24). The van der Waals surface area contributed by atoms with Gasteiger partial charge in [0.1, 0.15) is 6.04 Å². The Hall–Kier alpha value is -2.53. The average molecular weight is 344 g/mol. The lowest BCUT2D eigenvalue weighted by Gasteiger charge is -2.35. The van der Waals surface area contributed by atoms with Crippen LogP contribution in [0.2, 0.25) is 5.02 Å². The summed E-state index contributed by atoms with van der Waals surface area (Å²) in [5.41, 5.74) is 1.75. The lowest BCUT2D eigenvalue weighted by molar-refractivity contribution is -0.127. The number of benzene rings is 2. The molecule has 0 radical (unpaired) electrons. The average Bonchev–Trinajstić information content (AvgIpc) is 2.61. The molecule has 1 fully saturated rings. The summed E-state index contributed by atoms with van der Waals surface area (Å²) >= 11 is 5.91. The van der Waals surface area contributed by atoms with Crippen molar-refractivity contribution in [3.63, 3.8) is 0 Å². The van der Waals surface area contributed by atoms with Crippen LogP contribution in [-0.2, 0) is 11.3 Å². The van der Waals surface area contributed by atoms with Crippen molar-refractivity contribution in [3.8, 4) is 0 Å². The second-order valence-electron chi connectivity index (χ2n) is 5.58. The molecule has 1 aliphatic heterocycles. The molecule has 3 amide bonds. The van der Waals surface area contributed by atoms with E-state index in [0.717, 1.165) is 11.1 Å². The molecule has 24 heavy (non-hydrogen) atoms. The Morgan fingerprint density at radius 1 is 1.17 bits per heavy atom. The molecule has 6 heteroatoms. The fourth-order valence-corrected chi connectivity index (χ4v) is 2.86. The predicted octanol–water partition coefficient (Wildman–Crippen LogP) is 2.72. The number of urea groups is 1. The molecule has 1 aliphatic rings. The monoisotopic (exact) mass is 343 g/mol. The van der Waals surface area contributed by atoms with E-state index in [2.05, 4.69) is 10.6 Å². The van der Waals surface area contributed by atoms with Gasteiger partial charge in [-0.15, -0.1) is 0 Å². The molecule has 0 bridgehead atoms. The topological polar surface area (TPSA) is 61.4 Å². The van der Waals surface area contributed by atoms with Crippen LogP contribution >= 0.6 is 11.6 Å². The van der Waals surface area contributed by atoms with Crippen molar-refractivity contribution in [2.75, 3.05) is 13.1 Å². The molecule has 0 aliphatic carbocycles. The van der Waals surface area contributed by atoms with E-state index in [4.69, 9.17) is 11.6 Å². The minimum atomic E-state index is -0.646. The zero-order valence-corrected chi connectivity index (χ0v) is 13.8. The van der Waals surface area contributed by atoms with Gasteiger partial charge in [0.15, 0.2) is 0 Å². The van der Waals surface area contributed by atoms with Crippen molar-refractivity contribution in [2.45, 2.75) is 12.6 Å². The van der Waals surface area contributed by atoms with Gasteiger partial charge < -0.3 is 15.5 Å². The van der Waals surface area contributed by atoms with Gasteiger partial charge in [-0.3, -0.25) is 4.79 Å². The third-order valence-electron chi connectivity index (χ3n) is 3.95. The normalized spacial score (nSPS) is 17.3. The molecule has 1 unspecified atom stereocenters. The smallest absolute Gasteiger partial charge is 0.318 e. The van der Waals surface area contributed by atoms with E-state index in [1.165, 1.54) is 0 Å². The molecule has 2 N–H and O–H groups in total. The molecule has 1 heterocycles. The summed E-state index contributed by atoms with van der Waals surface area (Å²) in [5, 5.41) is 6.28. The van der Waals surface area contributed by atoms with Gasteiger partial charge in [-0.1, -0.05) is 54.1 Å². The Balaban J connectivity index is 1.74. The van der Waals surface area contributed by atoms with Crippen molar-refractivity contribution in [1.29, 1.82) is 0 Å². The highest BCUT2D eigenvalue weighted by molar-refractivity contribution is 6.30. The summed E-state index contributed by atoms with van der Waals surface area (Å²) in [5.74, 6) is -0.182. The molecule has 0 aromatic heterocycles. The maximum absolute atomic E-state index is 12.6. The van der Waals surface area contributed by atoms with Gasteiger partial charge in [0.25, 0.3) is 0 Å². The van der Waals surface area contributed by atoms with Gasteiger partial charge in [-0.2, -0.15) is 0 Å². The number of nitrogens with zero attached hydrogens (tertiary/aromatic N) is 1. The number of piperazine rings is 1. The molecule has 2 aromatic carbocycles. The lowest BCUT2D eigenvalue weighted by Crippen LogP contribution is -2.54. The number of amides is 3. The number of carbonyl (C=O) groups is 2. The van der Waals surface area contributed by atoms with E-state index in [9.17, 15) is 9.59 Å². The summed E-state index contributed by atoms with van der Waals surface area (Å²) in [7, 11) is 0. The third kappa shape index (κ3) is 3.68. The molecular weight excluding hydrogens is 326 g/mol. The Kier molecular flexibility index (Phi) is 5.01. The number of rotatable bonds is 3. The second-order valence-corrected chi connectivity index (χ2v) is 6.02. The van der Waals surface area contributed by atoms with Crippen LogP contribution in [0.3, 0.4) is 0 Å². The zero-order valence-electron chi connectivity index (χ0n) is 13.0. The first-order chi connectivity index (χ1) is 11.6. The summed E-state index contributed by atoms with van der Waals surface area (Å²) < 4.78 is 0. The van der Waals surface area contributed by atoms with E-state index >= 15 is 0 Å². The lowest BCUT2D eigenvalue weighted by atomic mass is 10.0. The zero-order chi connectivity index (χ0) is 16.9. The van der Waals surface area contributed by atoms with Crippen molar-refractivity contribution < 1.29 is 9.59 Å². The van der Waals surface area contributed by atoms with E-state index in [1.54, 1.807) is 29.2 Å². The summed E-state index contributed by atoms with van der Waals surface area (Å²) in [6.07, 6.45) is 0. The number of hydrogen-bond acceptors (Lipinski definition) is 2. The SMILES string of the molecule is O=C1NCCN(C(=O)NCc2ccccc2)C1c1ccc(Cl)cc1. The van der Waals surface area contributed by atoms with Crippen LogP contribution in [0.25, 0.3) is 0 Å². The first kappa shape index (κ1) is 16.3. The van der Waals surface area contributed by atoms with Crippen molar-refractivity contribution >= 4 is 23.5 Å². The maximum Gasteiger partial charge on any atom is 0.318 e. The minimum Gasteiger partial charge on any atom is -0.352 e. The molecule has 1 atom stereocenters. The van der Waals surface area contributed by atoms with Crippen molar-refractivity contribution in [2.24, 2.45) is 0 Å². The van der Waals surface area contributed by atoms with E-state index < -0.39 is 6.04 Å². The molecule has 1 saturated heterocycles. The number of hydrogen-bond donors (Lipinski definition) is 2. The Morgan fingerprint density at radius 3 is 2.58 bits per heavy atom. The van der Waals surface area contributed by atoms with E-state index in [0.29, 0.717) is 24.7 Å². The van der Waals surface area contributed by atoms with Gasteiger partial charge >= 0.3 is 6.03 Å². The highest BCUT2D eigenvalue weighted by atomic mass is 35.5. The molecule has 2 aromatic rings. The first-order valence-electron chi connectivity index (χ1n) is 7.77. The summed E-state index contributed by atoms with van der Waals surface area (Å²) in [4.78, 5) is 26.4. The van der Waals surface area contributed by atoms with Crippen LogP contribution < -0.4 is 10.6 Å². The van der Waals surface area contributed by atoms with Crippen LogP contribution in [0, 0.1) is 0 Å². The van der Waals surface area contributed by atoms with E-state index in [-0.39, 0.29) is 11.9 Å². The van der Waals surface area contributed by atoms with Gasteiger partial charge in [-0.25, -0.2) is 4.79 Å². The van der Waals surface area contributed by atoms with Gasteiger partial charge in [0, 0.05) is 24.7 Å². The van der Waals surface area contributed by atoms with Crippen LogP contribution in [0.5, 0.6) is 0 Å². The minimum absolute atomic E-state index is 0.182. The van der Waals surface area contributed by atoms with E-state index in [1.807, 2.05) is 30.3 Å². The Morgan fingerprint density at radius 2 is 1.88 bits per heavy atom.